The Kier molecular flexibility index (Phi) is 3.79. The van der Waals surface area contributed by atoms with Crippen LogP contribution in [0, 0.1) is 11.6 Å². The van der Waals surface area contributed by atoms with E-state index in [1.165, 1.54) is 24.3 Å². The van der Waals surface area contributed by atoms with Crippen LogP contribution < -0.4 is 10.5 Å². The van der Waals surface area contributed by atoms with Gasteiger partial charge in [-0.05, 0) is 18.2 Å². The maximum absolute atomic E-state index is 13.6. The quantitative estimate of drug-likeness (QED) is 0.918. The van der Waals surface area contributed by atoms with Gasteiger partial charge in [-0.25, -0.2) is 8.78 Å². The first-order valence-electron chi connectivity index (χ1n) is 5.22. The Morgan fingerprint density at radius 1 is 1.11 bits per heavy atom. The lowest BCUT2D eigenvalue weighted by Gasteiger charge is -2.11. The summed E-state index contributed by atoms with van der Waals surface area (Å²) in [6.45, 7) is 0.128. The molecule has 2 rings (SSSR count). The second-order valence-electron chi connectivity index (χ2n) is 3.61. The standard InChI is InChI=1S/C13H10ClF2NO/c14-10-5-4-9(6-12(10)16)18-13-8(7-17)2-1-3-11(13)15/h1-6H,7,17H2. The van der Waals surface area contributed by atoms with Gasteiger partial charge in [0.2, 0.25) is 0 Å². The summed E-state index contributed by atoms with van der Waals surface area (Å²) in [5, 5.41) is -0.0186. The highest BCUT2D eigenvalue weighted by atomic mass is 35.5. The van der Waals surface area contributed by atoms with Crippen molar-refractivity contribution in [1.82, 2.24) is 0 Å². The van der Waals surface area contributed by atoms with Crippen molar-refractivity contribution in [2.75, 3.05) is 0 Å². The molecule has 2 N–H and O–H groups in total. The van der Waals surface area contributed by atoms with E-state index in [9.17, 15) is 8.78 Å². The van der Waals surface area contributed by atoms with Crippen molar-refractivity contribution in [2.24, 2.45) is 5.73 Å². The smallest absolute Gasteiger partial charge is 0.167 e. The number of para-hydroxylation sites is 1. The molecule has 0 saturated carbocycles. The molecule has 18 heavy (non-hydrogen) atoms. The van der Waals surface area contributed by atoms with E-state index in [1.807, 2.05) is 0 Å². The summed E-state index contributed by atoms with van der Waals surface area (Å²) in [7, 11) is 0. The van der Waals surface area contributed by atoms with E-state index >= 15 is 0 Å². The summed E-state index contributed by atoms with van der Waals surface area (Å²) in [5.41, 5.74) is 5.99. The highest BCUT2D eigenvalue weighted by molar-refractivity contribution is 6.30. The number of hydrogen-bond acceptors (Lipinski definition) is 2. The maximum Gasteiger partial charge on any atom is 0.167 e. The Hall–Kier alpha value is -1.65. The molecule has 0 aliphatic rings. The second-order valence-corrected chi connectivity index (χ2v) is 4.02. The van der Waals surface area contributed by atoms with Crippen LogP contribution in [0.3, 0.4) is 0 Å². The van der Waals surface area contributed by atoms with Crippen molar-refractivity contribution in [3.63, 3.8) is 0 Å². The molecular formula is C13H10ClF2NO. The van der Waals surface area contributed by atoms with E-state index in [0.29, 0.717) is 5.56 Å². The monoisotopic (exact) mass is 269 g/mol. The Balaban J connectivity index is 2.36. The van der Waals surface area contributed by atoms with Crippen LogP contribution in [0.15, 0.2) is 36.4 Å². The minimum atomic E-state index is -0.625. The van der Waals surface area contributed by atoms with E-state index in [-0.39, 0.29) is 23.1 Å². The first-order valence-corrected chi connectivity index (χ1v) is 5.60. The average molecular weight is 270 g/mol. The van der Waals surface area contributed by atoms with Crippen molar-refractivity contribution < 1.29 is 13.5 Å². The van der Waals surface area contributed by atoms with Gasteiger partial charge in [-0.1, -0.05) is 23.7 Å². The Morgan fingerprint density at radius 3 is 2.56 bits per heavy atom. The molecule has 0 aliphatic carbocycles. The lowest BCUT2D eigenvalue weighted by atomic mass is 10.2. The van der Waals surface area contributed by atoms with Gasteiger partial charge in [0.05, 0.1) is 5.02 Å². The van der Waals surface area contributed by atoms with Gasteiger partial charge in [-0.15, -0.1) is 0 Å². The lowest BCUT2D eigenvalue weighted by molar-refractivity contribution is 0.433. The van der Waals surface area contributed by atoms with E-state index in [1.54, 1.807) is 6.07 Å². The van der Waals surface area contributed by atoms with Gasteiger partial charge in [0.15, 0.2) is 11.6 Å². The van der Waals surface area contributed by atoms with Gasteiger partial charge in [-0.3, -0.25) is 0 Å². The largest absolute Gasteiger partial charge is 0.454 e. The molecule has 0 amide bonds. The molecule has 0 aromatic heterocycles. The zero-order chi connectivity index (χ0) is 13.1. The van der Waals surface area contributed by atoms with Crippen molar-refractivity contribution in [3.8, 4) is 11.5 Å². The summed E-state index contributed by atoms with van der Waals surface area (Å²) in [6, 6.07) is 8.32. The first-order chi connectivity index (χ1) is 8.61. The molecule has 2 aromatic rings. The number of rotatable bonds is 3. The van der Waals surface area contributed by atoms with Gasteiger partial charge in [0.25, 0.3) is 0 Å². The third kappa shape index (κ3) is 2.60. The van der Waals surface area contributed by atoms with Crippen LogP contribution in [-0.2, 0) is 6.54 Å². The summed E-state index contributed by atoms with van der Waals surface area (Å²) in [6.07, 6.45) is 0. The molecule has 0 heterocycles. The minimum Gasteiger partial charge on any atom is -0.454 e. The Labute approximate surface area is 108 Å². The van der Waals surface area contributed by atoms with Crippen molar-refractivity contribution in [2.45, 2.75) is 6.54 Å². The molecule has 0 atom stereocenters. The van der Waals surface area contributed by atoms with Gasteiger partial charge >= 0.3 is 0 Å². The van der Waals surface area contributed by atoms with E-state index in [2.05, 4.69) is 0 Å². The van der Waals surface area contributed by atoms with E-state index < -0.39 is 11.6 Å². The van der Waals surface area contributed by atoms with Gasteiger partial charge in [0.1, 0.15) is 11.6 Å². The fourth-order valence-corrected chi connectivity index (χ4v) is 1.60. The van der Waals surface area contributed by atoms with Gasteiger partial charge in [-0.2, -0.15) is 0 Å². The molecule has 0 bridgehead atoms. The highest BCUT2D eigenvalue weighted by Gasteiger charge is 2.11. The predicted molar refractivity (Wildman–Crippen MR) is 65.8 cm³/mol. The van der Waals surface area contributed by atoms with E-state index in [4.69, 9.17) is 22.1 Å². The molecular weight excluding hydrogens is 260 g/mol. The minimum absolute atomic E-state index is 0.00159. The van der Waals surface area contributed by atoms with Crippen LogP contribution in [-0.4, -0.2) is 0 Å². The molecule has 0 fully saturated rings. The van der Waals surface area contributed by atoms with Gasteiger partial charge < -0.3 is 10.5 Å². The van der Waals surface area contributed by atoms with Crippen LogP contribution in [0.2, 0.25) is 5.02 Å². The van der Waals surface area contributed by atoms with Gasteiger partial charge in [0, 0.05) is 18.2 Å². The van der Waals surface area contributed by atoms with Crippen LogP contribution in [0.5, 0.6) is 11.5 Å². The van der Waals surface area contributed by atoms with Crippen LogP contribution in [0.4, 0.5) is 8.78 Å². The number of halogens is 3. The molecule has 0 radical (unpaired) electrons. The lowest BCUT2D eigenvalue weighted by Crippen LogP contribution is -2.01. The van der Waals surface area contributed by atoms with Crippen LogP contribution in [0.1, 0.15) is 5.56 Å². The summed E-state index contributed by atoms with van der Waals surface area (Å²) < 4.78 is 32.2. The molecule has 2 aromatic carbocycles. The topological polar surface area (TPSA) is 35.2 Å². The third-order valence-electron chi connectivity index (χ3n) is 2.38. The highest BCUT2D eigenvalue weighted by Crippen LogP contribution is 2.30. The number of hydrogen-bond donors (Lipinski definition) is 1. The Morgan fingerprint density at radius 2 is 1.89 bits per heavy atom. The summed E-state index contributed by atoms with van der Waals surface area (Å²) >= 11 is 5.55. The zero-order valence-electron chi connectivity index (χ0n) is 9.29. The maximum atomic E-state index is 13.6. The summed E-state index contributed by atoms with van der Waals surface area (Å²) in [5.74, 6) is -1.01. The van der Waals surface area contributed by atoms with Crippen molar-refractivity contribution >= 4 is 11.6 Å². The van der Waals surface area contributed by atoms with Crippen LogP contribution >= 0.6 is 11.6 Å². The first kappa shape index (κ1) is 12.8. The molecule has 5 heteroatoms. The average Bonchev–Trinajstić information content (AvgIpc) is 2.36. The van der Waals surface area contributed by atoms with Crippen molar-refractivity contribution in [3.05, 3.63) is 58.6 Å². The fraction of sp³-hybridized carbons (Fsp3) is 0.0769. The zero-order valence-corrected chi connectivity index (χ0v) is 10.0. The number of benzene rings is 2. The molecule has 0 aliphatic heterocycles. The van der Waals surface area contributed by atoms with E-state index in [0.717, 1.165) is 6.07 Å². The molecule has 2 nitrogen and oxygen atoms in total. The SMILES string of the molecule is NCc1cccc(F)c1Oc1ccc(Cl)c(F)c1. The summed E-state index contributed by atoms with van der Waals surface area (Å²) in [4.78, 5) is 0. The molecule has 0 unspecified atom stereocenters. The van der Waals surface area contributed by atoms with Crippen molar-refractivity contribution in [1.29, 1.82) is 0 Å². The molecule has 94 valence electrons. The molecule has 0 spiro atoms. The number of ether oxygens (including phenoxy) is 1. The predicted octanol–water partition coefficient (Wildman–Crippen LogP) is 3.87. The van der Waals surface area contributed by atoms with Crippen LogP contribution in [0.25, 0.3) is 0 Å². The normalized spacial score (nSPS) is 10.4. The third-order valence-corrected chi connectivity index (χ3v) is 2.69. The Bertz CT molecular complexity index is 575. The number of nitrogens with two attached hydrogens (primary N) is 1. The fourth-order valence-electron chi connectivity index (χ4n) is 1.49. The molecule has 0 saturated heterocycles. The second kappa shape index (κ2) is 5.33.